The monoisotopic (exact) mass is 457 g/mol. The molecule has 0 spiro atoms. The van der Waals surface area contributed by atoms with Crippen LogP contribution in [0.2, 0.25) is 0 Å². The molecule has 7 nitrogen and oxygen atoms in total. The largest absolute Gasteiger partial charge is 0.489 e. The highest BCUT2D eigenvalue weighted by Gasteiger charge is 2.25. The quantitative estimate of drug-likeness (QED) is 0.407. The fourth-order valence-electron chi connectivity index (χ4n) is 3.81. The molecule has 0 aliphatic carbocycles. The van der Waals surface area contributed by atoms with Crippen LogP contribution >= 0.6 is 0 Å². The Bertz CT molecular complexity index is 1040. The zero-order chi connectivity index (χ0) is 23.2. The molecule has 33 heavy (non-hydrogen) atoms. The molecule has 3 aromatic rings. The number of Topliss-reactive ketones (excluding diaryl/α,β-unsaturated/α-hetero) is 1. The van der Waals surface area contributed by atoms with E-state index < -0.39 is 13.0 Å². The van der Waals surface area contributed by atoms with Gasteiger partial charge in [0, 0.05) is 43.4 Å². The van der Waals surface area contributed by atoms with E-state index in [2.05, 4.69) is 15.0 Å². The van der Waals surface area contributed by atoms with E-state index in [1.807, 2.05) is 37.3 Å². The third kappa shape index (κ3) is 6.06. The molecule has 1 fully saturated rings. The Labute approximate surface area is 190 Å². The third-order valence-electron chi connectivity index (χ3n) is 5.54. The second kappa shape index (κ2) is 10.4. The van der Waals surface area contributed by atoms with Crippen LogP contribution < -0.4 is 14.4 Å². The first kappa shape index (κ1) is 22.7. The molecule has 0 amide bonds. The number of pyridine rings is 1. The van der Waals surface area contributed by atoms with Crippen molar-refractivity contribution in [3.8, 4) is 11.6 Å². The number of carbonyl (C=O) groups is 1. The fraction of sp³-hybridized carbons (Fsp3) is 0.375. The van der Waals surface area contributed by atoms with Gasteiger partial charge in [0.1, 0.15) is 11.9 Å². The molecule has 2 aromatic heterocycles. The molecule has 1 saturated heterocycles. The van der Waals surface area contributed by atoms with Gasteiger partial charge < -0.3 is 18.9 Å². The second-order valence-electron chi connectivity index (χ2n) is 8.00. The minimum Gasteiger partial charge on any atom is -0.489 e. The van der Waals surface area contributed by atoms with E-state index in [9.17, 15) is 13.6 Å². The number of aromatic nitrogens is 2. The lowest BCUT2D eigenvalue weighted by atomic mass is 9.95. The number of ether oxygens (including phenoxy) is 2. The van der Waals surface area contributed by atoms with Gasteiger partial charge in [0.15, 0.2) is 6.61 Å². The van der Waals surface area contributed by atoms with Crippen molar-refractivity contribution in [2.75, 3.05) is 24.6 Å². The standard InChI is InChI=1S/C24H25F2N3O4/c1-16(12-21(30)22-7-10-28-33-22)17-2-4-19(5-3-17)32-20-8-11-29(14-20)18-6-9-27-24(13-18)31-15-23(25)26/h2-7,9-10,13,16,20,23H,8,11-12,14-15H2,1H3/t16-,20?/m1/s1. The summed E-state index contributed by atoms with van der Waals surface area (Å²) in [6.45, 7) is 2.77. The average molecular weight is 457 g/mol. The van der Waals surface area contributed by atoms with Crippen LogP contribution in [-0.4, -0.2) is 48.1 Å². The second-order valence-corrected chi connectivity index (χ2v) is 8.00. The van der Waals surface area contributed by atoms with Crippen molar-refractivity contribution in [1.82, 2.24) is 10.1 Å². The minimum atomic E-state index is -2.54. The van der Waals surface area contributed by atoms with Crippen molar-refractivity contribution in [2.45, 2.75) is 38.2 Å². The lowest BCUT2D eigenvalue weighted by Crippen LogP contribution is -2.24. The number of hydrogen-bond acceptors (Lipinski definition) is 7. The SMILES string of the molecule is C[C@H](CC(=O)c1ccno1)c1ccc(OC2CCN(c3ccnc(OCC(F)F)c3)C2)cc1. The van der Waals surface area contributed by atoms with Crippen molar-refractivity contribution in [3.63, 3.8) is 0 Å². The van der Waals surface area contributed by atoms with Crippen LogP contribution in [0.15, 0.2) is 59.4 Å². The molecule has 1 unspecified atom stereocenters. The predicted octanol–water partition coefficient (Wildman–Crippen LogP) is 4.75. The number of ketones is 1. The van der Waals surface area contributed by atoms with E-state index in [0.29, 0.717) is 13.0 Å². The Balaban J connectivity index is 1.29. The summed E-state index contributed by atoms with van der Waals surface area (Å²) >= 11 is 0. The number of halogens is 2. The van der Waals surface area contributed by atoms with Gasteiger partial charge in [0.25, 0.3) is 6.43 Å². The molecule has 0 N–H and O–H groups in total. The third-order valence-corrected chi connectivity index (χ3v) is 5.54. The number of rotatable bonds is 10. The summed E-state index contributed by atoms with van der Waals surface area (Å²) < 4.78 is 40.8. The van der Waals surface area contributed by atoms with E-state index >= 15 is 0 Å². The summed E-state index contributed by atoms with van der Waals surface area (Å²) in [7, 11) is 0. The molecular weight excluding hydrogens is 432 g/mol. The maximum absolute atomic E-state index is 12.4. The first-order valence-corrected chi connectivity index (χ1v) is 10.8. The lowest BCUT2D eigenvalue weighted by Gasteiger charge is -2.20. The van der Waals surface area contributed by atoms with Crippen molar-refractivity contribution in [3.05, 3.63) is 66.2 Å². The predicted molar refractivity (Wildman–Crippen MR) is 117 cm³/mol. The summed E-state index contributed by atoms with van der Waals surface area (Å²) in [5.41, 5.74) is 1.90. The molecule has 4 rings (SSSR count). The first-order chi connectivity index (χ1) is 16.0. The van der Waals surface area contributed by atoms with Gasteiger partial charge in [-0.25, -0.2) is 13.8 Å². The van der Waals surface area contributed by atoms with Crippen molar-refractivity contribution >= 4 is 11.5 Å². The Hall–Kier alpha value is -3.49. The van der Waals surface area contributed by atoms with Gasteiger partial charge in [0.05, 0.1) is 12.7 Å². The summed E-state index contributed by atoms with van der Waals surface area (Å²) in [4.78, 5) is 18.3. The van der Waals surface area contributed by atoms with Crippen LogP contribution in [0.1, 0.15) is 41.8 Å². The van der Waals surface area contributed by atoms with Gasteiger partial charge >= 0.3 is 0 Å². The van der Waals surface area contributed by atoms with Gasteiger partial charge in [-0.1, -0.05) is 24.2 Å². The van der Waals surface area contributed by atoms with Crippen molar-refractivity contribution in [2.24, 2.45) is 0 Å². The number of anilines is 1. The lowest BCUT2D eigenvalue weighted by molar-refractivity contribution is 0.0796. The van der Waals surface area contributed by atoms with Gasteiger partial charge in [0.2, 0.25) is 17.4 Å². The summed E-state index contributed by atoms with van der Waals surface area (Å²) in [6.07, 6.45) is 1.64. The van der Waals surface area contributed by atoms with Crippen LogP contribution in [-0.2, 0) is 0 Å². The number of benzene rings is 1. The van der Waals surface area contributed by atoms with Crippen LogP contribution in [0.5, 0.6) is 11.6 Å². The van der Waals surface area contributed by atoms with Crippen LogP contribution in [0.4, 0.5) is 14.5 Å². The molecule has 2 atom stereocenters. The van der Waals surface area contributed by atoms with Crippen molar-refractivity contribution < 1.29 is 27.6 Å². The average Bonchev–Trinajstić information content (AvgIpc) is 3.51. The van der Waals surface area contributed by atoms with E-state index in [4.69, 9.17) is 14.0 Å². The molecule has 9 heteroatoms. The summed E-state index contributed by atoms with van der Waals surface area (Å²) in [6, 6.07) is 12.8. The van der Waals surface area contributed by atoms with Crippen LogP contribution in [0.25, 0.3) is 0 Å². The number of carbonyl (C=O) groups excluding carboxylic acids is 1. The topological polar surface area (TPSA) is 77.7 Å². The van der Waals surface area contributed by atoms with Gasteiger partial charge in [-0.05, 0) is 29.7 Å². The number of alkyl halides is 2. The van der Waals surface area contributed by atoms with Gasteiger partial charge in [-0.3, -0.25) is 4.79 Å². The van der Waals surface area contributed by atoms with E-state index in [0.717, 1.165) is 30.0 Å². The Morgan fingerprint density at radius 1 is 1.21 bits per heavy atom. The van der Waals surface area contributed by atoms with Crippen LogP contribution in [0, 0.1) is 0 Å². The number of hydrogen-bond donors (Lipinski definition) is 0. The van der Waals surface area contributed by atoms with E-state index in [1.54, 1.807) is 18.3 Å². The first-order valence-electron chi connectivity index (χ1n) is 10.8. The van der Waals surface area contributed by atoms with E-state index in [-0.39, 0.29) is 29.4 Å². The molecule has 1 aromatic carbocycles. The Morgan fingerprint density at radius 2 is 2.03 bits per heavy atom. The van der Waals surface area contributed by atoms with Crippen molar-refractivity contribution in [1.29, 1.82) is 0 Å². The summed E-state index contributed by atoms with van der Waals surface area (Å²) in [5, 5.41) is 3.57. The highest BCUT2D eigenvalue weighted by molar-refractivity contribution is 5.93. The highest BCUT2D eigenvalue weighted by Crippen LogP contribution is 2.27. The Kier molecular flexibility index (Phi) is 7.16. The fourth-order valence-corrected chi connectivity index (χ4v) is 3.81. The molecule has 0 saturated carbocycles. The van der Waals surface area contributed by atoms with Gasteiger partial charge in [-0.15, -0.1) is 0 Å². The molecular formula is C24H25F2N3O4. The molecule has 0 radical (unpaired) electrons. The molecule has 174 valence electrons. The maximum Gasteiger partial charge on any atom is 0.272 e. The van der Waals surface area contributed by atoms with Crippen LogP contribution in [0.3, 0.4) is 0 Å². The summed E-state index contributed by atoms with van der Waals surface area (Å²) in [5.74, 6) is 1.17. The molecule has 1 aliphatic heterocycles. The normalized spacial score (nSPS) is 16.7. The maximum atomic E-state index is 12.4. The molecule has 1 aliphatic rings. The smallest absolute Gasteiger partial charge is 0.272 e. The molecule has 3 heterocycles. The zero-order valence-corrected chi connectivity index (χ0v) is 18.2. The minimum absolute atomic E-state index is 0.0000912. The Morgan fingerprint density at radius 3 is 2.76 bits per heavy atom. The molecule has 0 bridgehead atoms. The zero-order valence-electron chi connectivity index (χ0n) is 18.2. The van der Waals surface area contributed by atoms with E-state index in [1.165, 1.54) is 6.20 Å². The number of nitrogens with zero attached hydrogens (tertiary/aromatic N) is 3. The van der Waals surface area contributed by atoms with Gasteiger partial charge in [-0.2, -0.15) is 0 Å². The highest BCUT2D eigenvalue weighted by atomic mass is 19.3.